The lowest BCUT2D eigenvalue weighted by Gasteiger charge is -2.32. The number of fused-ring (bicyclic) bond motifs is 1. The van der Waals surface area contributed by atoms with Crippen molar-refractivity contribution in [1.29, 1.82) is 0 Å². The molecule has 0 saturated carbocycles. The Kier molecular flexibility index (Phi) is 7.40. The molecular formula is C25H30N6O4. The van der Waals surface area contributed by atoms with Crippen molar-refractivity contribution in [3.05, 3.63) is 75.7 Å². The van der Waals surface area contributed by atoms with Crippen molar-refractivity contribution in [2.75, 3.05) is 6.61 Å². The van der Waals surface area contributed by atoms with Crippen LogP contribution in [0.3, 0.4) is 0 Å². The normalized spacial score (nSPS) is 12.5. The number of furan rings is 1. The summed E-state index contributed by atoms with van der Waals surface area (Å²) in [5.74, 6) is 0.905. The molecular weight excluding hydrogens is 448 g/mol. The number of nitrogens with one attached hydrogen (secondary N) is 1. The number of hydrogen-bond donors (Lipinski definition) is 1. The average molecular weight is 479 g/mol. The number of rotatable bonds is 10. The quantitative estimate of drug-likeness (QED) is 0.345. The van der Waals surface area contributed by atoms with Crippen LogP contribution in [0, 0.1) is 12.8 Å². The van der Waals surface area contributed by atoms with Crippen LogP contribution in [0.5, 0.6) is 0 Å². The van der Waals surface area contributed by atoms with Crippen molar-refractivity contribution in [2.24, 2.45) is 5.92 Å². The topological polar surface area (TPSA) is 119 Å². The highest BCUT2D eigenvalue weighted by molar-refractivity contribution is 5.79. The van der Waals surface area contributed by atoms with E-state index in [0.29, 0.717) is 24.5 Å². The lowest BCUT2D eigenvalue weighted by Crippen LogP contribution is -2.35. The highest BCUT2D eigenvalue weighted by Crippen LogP contribution is 2.30. The monoisotopic (exact) mass is 478 g/mol. The molecule has 1 aromatic carbocycles. The molecule has 0 amide bonds. The Morgan fingerprint density at radius 2 is 2.06 bits per heavy atom. The highest BCUT2D eigenvalue weighted by atomic mass is 16.5. The summed E-state index contributed by atoms with van der Waals surface area (Å²) in [6.07, 6.45) is 1.62. The highest BCUT2D eigenvalue weighted by Gasteiger charge is 2.31. The zero-order valence-corrected chi connectivity index (χ0v) is 20.4. The maximum atomic E-state index is 13.0. The Hall–Kier alpha value is -3.79. The summed E-state index contributed by atoms with van der Waals surface area (Å²) in [6.45, 7) is 8.78. The molecule has 35 heavy (non-hydrogen) atoms. The Bertz CT molecular complexity index is 1340. The van der Waals surface area contributed by atoms with Gasteiger partial charge in [-0.2, -0.15) is 0 Å². The Morgan fingerprint density at radius 1 is 1.23 bits per heavy atom. The van der Waals surface area contributed by atoms with Crippen molar-refractivity contribution in [3.8, 4) is 0 Å². The Morgan fingerprint density at radius 3 is 2.77 bits per heavy atom. The zero-order chi connectivity index (χ0) is 24.9. The predicted octanol–water partition coefficient (Wildman–Crippen LogP) is 3.38. The molecule has 4 rings (SSSR count). The molecule has 0 aliphatic rings. The molecule has 0 spiro atoms. The first-order valence-electron chi connectivity index (χ1n) is 11.7. The number of benzene rings is 1. The van der Waals surface area contributed by atoms with Gasteiger partial charge >= 0.3 is 5.97 Å². The summed E-state index contributed by atoms with van der Waals surface area (Å²) in [6, 6.07) is 11.3. The Balaban J connectivity index is 1.73. The summed E-state index contributed by atoms with van der Waals surface area (Å²) in [7, 11) is 0. The van der Waals surface area contributed by atoms with Crippen LogP contribution < -0.4 is 5.56 Å². The standard InChI is InChI=1S/C25H30N6O4/c1-5-34-22(32)15-31-24(27-28-29-31)23(16(2)3)30(14-20-7-6-10-35-20)13-19-12-18-9-8-17(4)11-21(18)26-25(19)33/h6-12,16,23H,5,13-15H2,1-4H3,(H,26,33)/t23-/m0/s1. The van der Waals surface area contributed by atoms with E-state index < -0.39 is 5.97 Å². The van der Waals surface area contributed by atoms with Gasteiger partial charge in [-0.3, -0.25) is 14.5 Å². The van der Waals surface area contributed by atoms with Crippen LogP contribution in [0.15, 0.2) is 51.9 Å². The fourth-order valence-corrected chi connectivity index (χ4v) is 4.30. The number of nitrogens with zero attached hydrogens (tertiary/aromatic N) is 5. The molecule has 4 aromatic rings. The van der Waals surface area contributed by atoms with Crippen LogP contribution in [0.1, 0.15) is 49.5 Å². The van der Waals surface area contributed by atoms with Crippen molar-refractivity contribution >= 4 is 16.9 Å². The van der Waals surface area contributed by atoms with Gasteiger partial charge in [-0.05, 0) is 65.4 Å². The molecule has 3 aromatic heterocycles. The first-order chi connectivity index (χ1) is 16.9. The zero-order valence-electron chi connectivity index (χ0n) is 20.4. The van der Waals surface area contributed by atoms with E-state index in [2.05, 4.69) is 39.3 Å². The fourth-order valence-electron chi connectivity index (χ4n) is 4.30. The third kappa shape index (κ3) is 5.65. The predicted molar refractivity (Wildman–Crippen MR) is 129 cm³/mol. The maximum absolute atomic E-state index is 13.0. The van der Waals surface area contributed by atoms with Crippen molar-refractivity contribution in [2.45, 2.75) is 53.4 Å². The summed E-state index contributed by atoms with van der Waals surface area (Å²) in [5, 5.41) is 13.1. The molecule has 0 saturated heterocycles. The van der Waals surface area contributed by atoms with Crippen LogP contribution in [0.2, 0.25) is 0 Å². The molecule has 10 heteroatoms. The lowest BCUT2D eigenvalue weighted by atomic mass is 10.00. The molecule has 0 aliphatic carbocycles. The molecule has 1 atom stereocenters. The SMILES string of the molecule is CCOC(=O)Cn1nnnc1[C@H](C(C)C)N(Cc1ccco1)Cc1cc2ccc(C)cc2[nH]c1=O. The molecule has 184 valence electrons. The number of ether oxygens (including phenoxy) is 1. The number of hydrogen-bond acceptors (Lipinski definition) is 8. The number of aromatic nitrogens is 5. The molecule has 10 nitrogen and oxygen atoms in total. The van der Waals surface area contributed by atoms with Gasteiger partial charge in [0.2, 0.25) is 0 Å². The summed E-state index contributed by atoms with van der Waals surface area (Å²) in [4.78, 5) is 30.3. The van der Waals surface area contributed by atoms with E-state index >= 15 is 0 Å². The van der Waals surface area contributed by atoms with Crippen molar-refractivity contribution < 1.29 is 13.9 Å². The van der Waals surface area contributed by atoms with E-state index in [9.17, 15) is 9.59 Å². The van der Waals surface area contributed by atoms with Crippen LogP contribution in [0.25, 0.3) is 10.9 Å². The fraction of sp³-hybridized carbons (Fsp3) is 0.400. The Labute approximate surface area is 202 Å². The smallest absolute Gasteiger partial charge is 0.327 e. The number of aromatic amines is 1. The van der Waals surface area contributed by atoms with Gasteiger partial charge in [0.1, 0.15) is 12.3 Å². The minimum absolute atomic E-state index is 0.0547. The third-order valence-corrected chi connectivity index (χ3v) is 5.82. The summed E-state index contributed by atoms with van der Waals surface area (Å²) >= 11 is 0. The number of tetrazole rings is 1. The number of carbonyl (C=O) groups excluding carboxylic acids is 1. The van der Waals surface area contributed by atoms with E-state index in [1.165, 1.54) is 4.68 Å². The van der Waals surface area contributed by atoms with Gasteiger partial charge < -0.3 is 14.1 Å². The minimum atomic E-state index is -0.414. The number of H-pyrrole nitrogens is 1. The molecule has 1 N–H and O–H groups in total. The second-order valence-corrected chi connectivity index (χ2v) is 8.89. The second-order valence-electron chi connectivity index (χ2n) is 8.89. The van der Waals surface area contributed by atoms with E-state index in [-0.39, 0.29) is 30.7 Å². The number of pyridine rings is 1. The van der Waals surface area contributed by atoms with Crippen LogP contribution >= 0.6 is 0 Å². The number of aryl methyl sites for hydroxylation is 1. The molecule has 0 aliphatic heterocycles. The lowest BCUT2D eigenvalue weighted by molar-refractivity contribution is -0.144. The van der Waals surface area contributed by atoms with Crippen molar-refractivity contribution in [1.82, 2.24) is 30.1 Å². The molecule has 0 bridgehead atoms. The molecule has 3 heterocycles. The van der Waals surface area contributed by atoms with Crippen LogP contribution in [-0.2, 0) is 29.2 Å². The summed E-state index contributed by atoms with van der Waals surface area (Å²) in [5.41, 5.74) is 2.34. The van der Waals surface area contributed by atoms with E-state index in [1.54, 1.807) is 13.2 Å². The first-order valence-corrected chi connectivity index (χ1v) is 11.7. The minimum Gasteiger partial charge on any atom is -0.468 e. The number of esters is 1. The molecule has 0 fully saturated rings. The van der Waals surface area contributed by atoms with Gasteiger partial charge in [-0.15, -0.1) is 5.10 Å². The summed E-state index contributed by atoms with van der Waals surface area (Å²) < 4.78 is 12.2. The van der Waals surface area contributed by atoms with Gasteiger partial charge in [0, 0.05) is 17.6 Å². The van der Waals surface area contributed by atoms with Gasteiger partial charge in [-0.1, -0.05) is 26.0 Å². The van der Waals surface area contributed by atoms with Gasteiger partial charge in [0.05, 0.1) is 25.5 Å². The molecule has 0 unspecified atom stereocenters. The van der Waals surface area contributed by atoms with Gasteiger partial charge in [-0.25, -0.2) is 4.68 Å². The van der Waals surface area contributed by atoms with E-state index in [0.717, 1.165) is 22.2 Å². The van der Waals surface area contributed by atoms with Crippen LogP contribution in [0.4, 0.5) is 0 Å². The average Bonchev–Trinajstić information content (AvgIpc) is 3.47. The van der Waals surface area contributed by atoms with E-state index in [4.69, 9.17) is 9.15 Å². The third-order valence-electron chi connectivity index (χ3n) is 5.82. The molecule has 0 radical (unpaired) electrons. The second kappa shape index (κ2) is 10.6. The van der Waals surface area contributed by atoms with Crippen LogP contribution in [-0.4, -0.2) is 42.7 Å². The first kappa shape index (κ1) is 24.3. The maximum Gasteiger partial charge on any atom is 0.327 e. The van der Waals surface area contributed by atoms with E-state index in [1.807, 2.05) is 43.3 Å². The number of carbonyl (C=O) groups is 1. The van der Waals surface area contributed by atoms with Gasteiger partial charge in [0.15, 0.2) is 5.82 Å². The van der Waals surface area contributed by atoms with Gasteiger partial charge in [0.25, 0.3) is 5.56 Å². The largest absolute Gasteiger partial charge is 0.468 e. The van der Waals surface area contributed by atoms with Crippen molar-refractivity contribution in [3.63, 3.8) is 0 Å².